The monoisotopic (exact) mass is 283 g/mol. The molecular formula is C12H21N5OS. The molecule has 1 saturated heterocycles. The Morgan fingerprint density at radius 3 is 2.89 bits per heavy atom. The minimum atomic E-state index is 0.294. The van der Waals surface area contributed by atoms with Crippen molar-refractivity contribution in [2.45, 2.75) is 31.1 Å². The molecule has 0 aliphatic carbocycles. The Bertz CT molecular complexity index is 423. The van der Waals surface area contributed by atoms with Crippen LogP contribution in [0, 0.1) is 0 Å². The van der Waals surface area contributed by atoms with Gasteiger partial charge in [-0.15, -0.1) is 0 Å². The lowest BCUT2D eigenvalue weighted by atomic mass is 10.1. The van der Waals surface area contributed by atoms with Crippen LogP contribution in [-0.4, -0.2) is 34.1 Å². The molecule has 19 heavy (non-hydrogen) atoms. The summed E-state index contributed by atoms with van der Waals surface area (Å²) >= 11 is 2.02. The summed E-state index contributed by atoms with van der Waals surface area (Å²) in [5.74, 6) is 8.65. The molecule has 6 nitrogen and oxygen atoms in total. The second-order valence-corrected chi connectivity index (χ2v) is 6.57. The molecule has 1 aromatic heterocycles. The van der Waals surface area contributed by atoms with Gasteiger partial charge < -0.3 is 15.5 Å². The number of nitrogen functional groups attached to an aromatic ring is 1. The minimum absolute atomic E-state index is 0.294. The number of nitrogens with one attached hydrogen (secondary N) is 2. The smallest absolute Gasteiger partial charge is 0.158 e. The Kier molecular flexibility index (Phi) is 4.84. The molecule has 0 saturated carbocycles. The molecule has 4 N–H and O–H groups in total. The van der Waals surface area contributed by atoms with E-state index in [1.54, 1.807) is 7.11 Å². The number of hydrogen-bond donors (Lipinski definition) is 3. The number of nitrogens with zero attached hydrogens (tertiary/aromatic N) is 2. The highest BCUT2D eigenvalue weighted by molar-refractivity contribution is 8.00. The number of thioether (sulfide) groups is 1. The molecule has 2 rings (SSSR count). The third kappa shape index (κ3) is 3.95. The van der Waals surface area contributed by atoms with Crippen molar-refractivity contribution >= 4 is 23.4 Å². The standard InChI is InChI=1S/C12H21N5OS/c1-12(4-3-5-19-12)8-14-9-6-10(17-13)16-11(15-9)7-18-2/h6H,3-5,7-8,13H2,1-2H3,(H2,14,15,16,17). The first kappa shape index (κ1) is 14.4. The van der Waals surface area contributed by atoms with Gasteiger partial charge in [0.05, 0.1) is 0 Å². The second-order valence-electron chi connectivity index (χ2n) is 4.89. The van der Waals surface area contributed by atoms with Crippen molar-refractivity contribution in [2.24, 2.45) is 5.84 Å². The molecule has 2 heterocycles. The van der Waals surface area contributed by atoms with Gasteiger partial charge in [-0.2, -0.15) is 11.8 Å². The molecule has 0 amide bonds. The van der Waals surface area contributed by atoms with E-state index in [0.717, 1.165) is 12.4 Å². The zero-order valence-corrected chi connectivity index (χ0v) is 12.2. The predicted octanol–water partition coefficient (Wildman–Crippen LogP) is 1.61. The number of ether oxygens (including phenoxy) is 1. The van der Waals surface area contributed by atoms with E-state index >= 15 is 0 Å². The predicted molar refractivity (Wildman–Crippen MR) is 79.1 cm³/mol. The molecule has 1 atom stereocenters. The molecule has 1 unspecified atom stereocenters. The highest BCUT2D eigenvalue weighted by Crippen LogP contribution is 2.37. The Morgan fingerprint density at radius 1 is 1.47 bits per heavy atom. The van der Waals surface area contributed by atoms with E-state index in [2.05, 4.69) is 27.6 Å². The van der Waals surface area contributed by atoms with E-state index in [1.165, 1.54) is 18.6 Å². The molecule has 1 fully saturated rings. The van der Waals surface area contributed by atoms with Crippen molar-refractivity contribution < 1.29 is 4.74 Å². The van der Waals surface area contributed by atoms with Gasteiger partial charge in [0.25, 0.3) is 0 Å². The van der Waals surface area contributed by atoms with Crippen LogP contribution in [0.15, 0.2) is 6.07 Å². The van der Waals surface area contributed by atoms with Gasteiger partial charge in [-0.25, -0.2) is 15.8 Å². The summed E-state index contributed by atoms with van der Waals surface area (Å²) in [7, 11) is 1.62. The van der Waals surface area contributed by atoms with Gasteiger partial charge in [-0.05, 0) is 25.5 Å². The zero-order valence-electron chi connectivity index (χ0n) is 11.4. The lowest BCUT2D eigenvalue weighted by Crippen LogP contribution is -2.27. The number of methoxy groups -OCH3 is 1. The van der Waals surface area contributed by atoms with Crippen LogP contribution in [0.2, 0.25) is 0 Å². The van der Waals surface area contributed by atoms with Crippen LogP contribution in [0.25, 0.3) is 0 Å². The molecule has 7 heteroatoms. The van der Waals surface area contributed by atoms with Gasteiger partial charge in [0.1, 0.15) is 18.2 Å². The van der Waals surface area contributed by atoms with E-state index in [9.17, 15) is 0 Å². The average Bonchev–Trinajstić information content (AvgIpc) is 2.84. The molecular weight excluding hydrogens is 262 g/mol. The minimum Gasteiger partial charge on any atom is -0.377 e. The molecule has 0 aromatic carbocycles. The SMILES string of the molecule is COCc1nc(NN)cc(NCC2(C)CCCS2)n1. The third-order valence-electron chi connectivity index (χ3n) is 3.14. The maximum absolute atomic E-state index is 5.42. The number of anilines is 2. The van der Waals surface area contributed by atoms with Crippen molar-refractivity contribution in [1.29, 1.82) is 0 Å². The molecule has 106 valence electrons. The Balaban J connectivity index is 2.04. The molecule has 1 aromatic rings. The van der Waals surface area contributed by atoms with Gasteiger partial charge in [0, 0.05) is 24.5 Å². The summed E-state index contributed by atoms with van der Waals surface area (Å²) < 4.78 is 5.35. The van der Waals surface area contributed by atoms with Gasteiger partial charge >= 0.3 is 0 Å². The Morgan fingerprint density at radius 2 is 2.26 bits per heavy atom. The van der Waals surface area contributed by atoms with Gasteiger partial charge in [0.15, 0.2) is 5.82 Å². The number of hydrogen-bond acceptors (Lipinski definition) is 7. The molecule has 0 radical (unpaired) electrons. The second kappa shape index (κ2) is 6.40. The molecule has 0 spiro atoms. The first-order valence-electron chi connectivity index (χ1n) is 6.36. The number of hydrazine groups is 1. The van der Waals surface area contributed by atoms with Crippen LogP contribution < -0.4 is 16.6 Å². The van der Waals surface area contributed by atoms with Crippen molar-refractivity contribution in [3.63, 3.8) is 0 Å². The van der Waals surface area contributed by atoms with Crippen molar-refractivity contribution in [3.8, 4) is 0 Å². The maximum atomic E-state index is 5.42. The number of rotatable bonds is 6. The topological polar surface area (TPSA) is 85.1 Å². The van der Waals surface area contributed by atoms with Crippen LogP contribution >= 0.6 is 11.8 Å². The quantitative estimate of drug-likeness (QED) is 0.540. The molecule has 0 bridgehead atoms. The average molecular weight is 283 g/mol. The van der Waals surface area contributed by atoms with E-state index in [4.69, 9.17) is 10.6 Å². The first-order chi connectivity index (χ1) is 9.15. The summed E-state index contributed by atoms with van der Waals surface area (Å²) in [6, 6.07) is 1.81. The summed E-state index contributed by atoms with van der Waals surface area (Å²) in [5.41, 5.74) is 2.55. The summed E-state index contributed by atoms with van der Waals surface area (Å²) in [5, 5.41) is 3.38. The van der Waals surface area contributed by atoms with Gasteiger partial charge in [-0.3, -0.25) is 0 Å². The van der Waals surface area contributed by atoms with Crippen LogP contribution in [0.4, 0.5) is 11.6 Å². The summed E-state index contributed by atoms with van der Waals surface area (Å²) in [6.07, 6.45) is 2.53. The zero-order chi connectivity index (χ0) is 13.7. The van der Waals surface area contributed by atoms with Crippen LogP contribution in [-0.2, 0) is 11.3 Å². The maximum Gasteiger partial charge on any atom is 0.158 e. The van der Waals surface area contributed by atoms with Gasteiger partial charge in [-0.1, -0.05) is 0 Å². The fourth-order valence-corrected chi connectivity index (χ4v) is 3.35. The normalized spacial score (nSPS) is 22.5. The summed E-state index contributed by atoms with van der Waals surface area (Å²) in [6.45, 7) is 3.55. The van der Waals surface area contributed by atoms with E-state index in [0.29, 0.717) is 23.0 Å². The Hall–Kier alpha value is -1.05. The van der Waals surface area contributed by atoms with Crippen molar-refractivity contribution in [2.75, 3.05) is 30.1 Å². The fraction of sp³-hybridized carbons (Fsp3) is 0.667. The first-order valence-corrected chi connectivity index (χ1v) is 7.35. The fourth-order valence-electron chi connectivity index (χ4n) is 2.11. The van der Waals surface area contributed by atoms with Crippen LogP contribution in [0.1, 0.15) is 25.6 Å². The summed E-state index contributed by atoms with van der Waals surface area (Å²) in [4.78, 5) is 8.63. The van der Waals surface area contributed by atoms with Crippen molar-refractivity contribution in [3.05, 3.63) is 11.9 Å². The van der Waals surface area contributed by atoms with E-state index in [-0.39, 0.29) is 0 Å². The largest absolute Gasteiger partial charge is 0.377 e. The highest BCUT2D eigenvalue weighted by Gasteiger charge is 2.29. The molecule has 1 aliphatic rings. The lowest BCUT2D eigenvalue weighted by Gasteiger charge is -2.23. The van der Waals surface area contributed by atoms with Crippen molar-refractivity contribution in [1.82, 2.24) is 9.97 Å². The highest BCUT2D eigenvalue weighted by atomic mass is 32.2. The van der Waals surface area contributed by atoms with E-state index in [1.807, 2.05) is 17.8 Å². The Labute approximate surface area is 117 Å². The molecule has 1 aliphatic heterocycles. The van der Waals surface area contributed by atoms with Crippen LogP contribution in [0.3, 0.4) is 0 Å². The number of nitrogens with two attached hydrogens (primary N) is 1. The third-order valence-corrected chi connectivity index (χ3v) is 4.68. The van der Waals surface area contributed by atoms with Crippen LogP contribution in [0.5, 0.6) is 0 Å². The van der Waals surface area contributed by atoms with E-state index < -0.39 is 0 Å². The number of aromatic nitrogens is 2. The van der Waals surface area contributed by atoms with Gasteiger partial charge in [0.2, 0.25) is 0 Å². The lowest BCUT2D eigenvalue weighted by molar-refractivity contribution is 0.178.